The molecule has 3 N–H and O–H groups in total. The van der Waals surface area contributed by atoms with E-state index < -0.39 is 10.8 Å². The van der Waals surface area contributed by atoms with Crippen molar-refractivity contribution in [1.29, 1.82) is 0 Å². The van der Waals surface area contributed by atoms with Gasteiger partial charge in [0.25, 0.3) is 11.6 Å². The Kier molecular flexibility index (Phi) is 5.30. The lowest BCUT2D eigenvalue weighted by atomic mass is 9.96. The zero-order valence-electron chi connectivity index (χ0n) is 13.6. The average molecular weight is 357 g/mol. The zero-order valence-corrected chi connectivity index (χ0v) is 13.6. The maximum atomic E-state index is 13.0. The summed E-state index contributed by atoms with van der Waals surface area (Å²) in [5.41, 5.74) is 9.32. The van der Waals surface area contributed by atoms with E-state index in [2.05, 4.69) is 21.4 Å². The van der Waals surface area contributed by atoms with E-state index >= 15 is 0 Å². The summed E-state index contributed by atoms with van der Waals surface area (Å²) in [6.45, 7) is 0.582. The monoisotopic (exact) mass is 357 g/mol. The number of hydrogen-bond acceptors (Lipinski definition) is 6. The first kappa shape index (κ1) is 17.6. The number of non-ortho nitro benzene ring substituents is 1. The fraction of sp³-hybridized carbons (Fsp3) is 0.176. The minimum absolute atomic E-state index is 0.0640. The van der Waals surface area contributed by atoms with Crippen LogP contribution >= 0.6 is 0 Å². The molecule has 1 amide bonds. The van der Waals surface area contributed by atoms with Crippen LogP contribution in [-0.2, 0) is 0 Å². The first-order chi connectivity index (χ1) is 12.5. The molecule has 1 saturated heterocycles. The number of amides is 1. The summed E-state index contributed by atoms with van der Waals surface area (Å²) < 4.78 is 13.0. The SMILES string of the molecule is O=C(N/N=C/C1CNNC1c1ccc(F)cc1)c1cccc([N+](=O)[O-])c1. The van der Waals surface area contributed by atoms with Crippen LogP contribution in [0.25, 0.3) is 0 Å². The lowest BCUT2D eigenvalue weighted by Gasteiger charge is -2.15. The van der Waals surface area contributed by atoms with Gasteiger partial charge in [0.05, 0.1) is 11.0 Å². The van der Waals surface area contributed by atoms with E-state index in [1.165, 1.54) is 36.4 Å². The Balaban J connectivity index is 1.64. The maximum absolute atomic E-state index is 13.0. The van der Waals surface area contributed by atoms with Crippen LogP contribution in [0.4, 0.5) is 10.1 Å². The fourth-order valence-electron chi connectivity index (χ4n) is 2.67. The lowest BCUT2D eigenvalue weighted by Crippen LogP contribution is -2.25. The fourth-order valence-corrected chi connectivity index (χ4v) is 2.67. The molecule has 3 rings (SSSR count). The van der Waals surface area contributed by atoms with Gasteiger partial charge in [0.15, 0.2) is 0 Å². The van der Waals surface area contributed by atoms with E-state index in [9.17, 15) is 19.3 Å². The Morgan fingerprint density at radius 1 is 1.31 bits per heavy atom. The highest BCUT2D eigenvalue weighted by molar-refractivity contribution is 5.94. The van der Waals surface area contributed by atoms with E-state index in [0.717, 1.165) is 5.56 Å². The number of hydrazone groups is 1. The molecule has 8 nitrogen and oxygen atoms in total. The second kappa shape index (κ2) is 7.81. The first-order valence-electron chi connectivity index (χ1n) is 7.86. The molecule has 0 aliphatic carbocycles. The molecule has 1 aliphatic heterocycles. The largest absolute Gasteiger partial charge is 0.271 e. The summed E-state index contributed by atoms with van der Waals surface area (Å²) in [6.07, 6.45) is 1.58. The molecular weight excluding hydrogens is 341 g/mol. The molecule has 0 bridgehead atoms. The van der Waals surface area contributed by atoms with E-state index in [4.69, 9.17) is 0 Å². The molecular formula is C17H16FN5O3. The van der Waals surface area contributed by atoms with E-state index in [1.54, 1.807) is 18.3 Å². The molecule has 9 heteroatoms. The normalized spacial score (nSPS) is 19.6. The third-order valence-corrected chi connectivity index (χ3v) is 4.00. The van der Waals surface area contributed by atoms with E-state index in [0.29, 0.717) is 6.54 Å². The highest BCUT2D eigenvalue weighted by atomic mass is 19.1. The van der Waals surface area contributed by atoms with E-state index in [1.807, 2.05) is 0 Å². The summed E-state index contributed by atoms with van der Waals surface area (Å²) in [5.74, 6) is -0.915. The van der Waals surface area contributed by atoms with Crippen molar-refractivity contribution in [2.75, 3.05) is 6.54 Å². The molecule has 0 aromatic heterocycles. The number of nitro benzene ring substituents is 1. The van der Waals surface area contributed by atoms with Crippen molar-refractivity contribution in [1.82, 2.24) is 16.3 Å². The van der Waals surface area contributed by atoms with Gasteiger partial charge in [0, 0.05) is 36.4 Å². The number of hydrogen-bond donors (Lipinski definition) is 3. The summed E-state index contributed by atoms with van der Waals surface area (Å²) >= 11 is 0. The second-order valence-electron chi connectivity index (χ2n) is 5.74. The first-order valence-corrected chi connectivity index (χ1v) is 7.86. The number of halogens is 1. The Hall–Kier alpha value is -3.17. The molecule has 1 aliphatic rings. The predicted octanol–water partition coefficient (Wildman–Crippen LogP) is 1.91. The van der Waals surface area contributed by atoms with Gasteiger partial charge >= 0.3 is 0 Å². The topological polar surface area (TPSA) is 109 Å². The number of nitrogens with one attached hydrogen (secondary N) is 3. The van der Waals surface area contributed by atoms with Crippen molar-refractivity contribution in [3.8, 4) is 0 Å². The van der Waals surface area contributed by atoms with Crippen molar-refractivity contribution < 1.29 is 14.1 Å². The van der Waals surface area contributed by atoms with Crippen LogP contribution in [0.15, 0.2) is 53.6 Å². The van der Waals surface area contributed by atoms with Crippen molar-refractivity contribution >= 4 is 17.8 Å². The number of hydrazine groups is 1. The van der Waals surface area contributed by atoms with Crippen molar-refractivity contribution in [2.24, 2.45) is 11.0 Å². The number of carbonyl (C=O) groups excluding carboxylic acids is 1. The smallest absolute Gasteiger partial charge is 0.267 e. The van der Waals surface area contributed by atoms with Gasteiger partial charge in [-0.25, -0.2) is 15.2 Å². The second-order valence-corrected chi connectivity index (χ2v) is 5.74. The molecule has 1 heterocycles. The number of nitrogens with zero attached hydrogens (tertiary/aromatic N) is 2. The summed E-state index contributed by atoms with van der Waals surface area (Å²) in [5, 5.41) is 14.7. The van der Waals surface area contributed by atoms with Crippen LogP contribution in [0.5, 0.6) is 0 Å². The summed E-state index contributed by atoms with van der Waals surface area (Å²) in [7, 11) is 0. The van der Waals surface area contributed by atoms with Gasteiger partial charge in [-0.1, -0.05) is 18.2 Å². The molecule has 26 heavy (non-hydrogen) atoms. The third kappa shape index (κ3) is 4.08. The number of rotatable bonds is 5. The van der Waals surface area contributed by atoms with Crippen molar-refractivity contribution in [3.05, 3.63) is 75.6 Å². The van der Waals surface area contributed by atoms with Crippen LogP contribution in [0.3, 0.4) is 0 Å². The number of nitro groups is 1. The van der Waals surface area contributed by atoms with Gasteiger partial charge in [-0.05, 0) is 23.8 Å². The Morgan fingerprint density at radius 2 is 2.08 bits per heavy atom. The standard InChI is InChI=1S/C17H16FN5O3/c18-14-6-4-11(5-7-14)16-13(9-19-21-16)10-20-22-17(24)12-2-1-3-15(8-12)23(25)26/h1-8,10,13,16,19,21H,9H2,(H,22,24)/b20-10+. The molecule has 134 valence electrons. The highest BCUT2D eigenvalue weighted by Gasteiger charge is 2.26. The molecule has 1 fully saturated rings. The van der Waals surface area contributed by atoms with Gasteiger partial charge < -0.3 is 0 Å². The molecule has 2 atom stereocenters. The Morgan fingerprint density at radius 3 is 2.81 bits per heavy atom. The average Bonchev–Trinajstić information content (AvgIpc) is 3.11. The minimum Gasteiger partial charge on any atom is -0.267 e. The van der Waals surface area contributed by atoms with Crippen molar-refractivity contribution in [3.63, 3.8) is 0 Å². The van der Waals surface area contributed by atoms with Crippen molar-refractivity contribution in [2.45, 2.75) is 6.04 Å². The maximum Gasteiger partial charge on any atom is 0.271 e. The highest BCUT2D eigenvalue weighted by Crippen LogP contribution is 2.23. The van der Waals surface area contributed by atoms with Gasteiger partial charge in [-0.15, -0.1) is 0 Å². The van der Waals surface area contributed by atoms with Crippen LogP contribution in [0.2, 0.25) is 0 Å². The molecule has 2 aromatic carbocycles. The third-order valence-electron chi connectivity index (χ3n) is 4.00. The summed E-state index contributed by atoms with van der Waals surface area (Å²) in [4.78, 5) is 22.3. The molecule has 2 unspecified atom stereocenters. The molecule has 2 aromatic rings. The van der Waals surface area contributed by atoms with Crippen LogP contribution in [-0.4, -0.2) is 23.6 Å². The number of benzene rings is 2. The quantitative estimate of drug-likeness (QED) is 0.430. The Bertz CT molecular complexity index is 841. The van der Waals surface area contributed by atoms with Crippen LogP contribution in [0.1, 0.15) is 22.0 Å². The van der Waals surface area contributed by atoms with Gasteiger partial charge in [0.2, 0.25) is 0 Å². The van der Waals surface area contributed by atoms with Crippen LogP contribution in [0, 0.1) is 21.8 Å². The summed E-state index contributed by atoms with van der Waals surface area (Å²) in [6, 6.07) is 11.4. The molecule has 0 saturated carbocycles. The van der Waals surface area contributed by atoms with Gasteiger partial charge in [-0.3, -0.25) is 20.3 Å². The minimum atomic E-state index is -0.566. The zero-order chi connectivity index (χ0) is 18.5. The Labute approximate surface area is 148 Å². The van der Waals surface area contributed by atoms with Gasteiger partial charge in [-0.2, -0.15) is 5.10 Å². The predicted molar refractivity (Wildman–Crippen MR) is 92.8 cm³/mol. The van der Waals surface area contributed by atoms with Crippen LogP contribution < -0.4 is 16.3 Å². The molecule has 0 radical (unpaired) electrons. The van der Waals surface area contributed by atoms with E-state index in [-0.39, 0.29) is 29.0 Å². The number of carbonyl (C=O) groups is 1. The van der Waals surface area contributed by atoms with Gasteiger partial charge in [0.1, 0.15) is 5.82 Å². The molecule has 0 spiro atoms. The lowest BCUT2D eigenvalue weighted by molar-refractivity contribution is -0.384.